The van der Waals surface area contributed by atoms with E-state index in [2.05, 4.69) is 31.9 Å². The molecule has 0 bridgehead atoms. The van der Waals surface area contributed by atoms with E-state index in [1.54, 1.807) is 0 Å². The summed E-state index contributed by atoms with van der Waals surface area (Å²) in [6.45, 7) is 1.04. The number of benzene rings is 2. The van der Waals surface area contributed by atoms with Crippen LogP contribution in [0.2, 0.25) is 0 Å². The lowest BCUT2D eigenvalue weighted by molar-refractivity contribution is -0.137. The molecule has 0 saturated carbocycles. The molecule has 0 aliphatic carbocycles. The van der Waals surface area contributed by atoms with Gasteiger partial charge in [-0.15, -0.1) is 0 Å². The van der Waals surface area contributed by atoms with Gasteiger partial charge in [0.25, 0.3) is 0 Å². The van der Waals surface area contributed by atoms with Crippen molar-refractivity contribution < 1.29 is 44.7 Å². The first-order valence-electron chi connectivity index (χ1n) is 12.8. The minimum Gasteiger partial charge on any atom is -0.433 e. The van der Waals surface area contributed by atoms with Crippen molar-refractivity contribution in [3.8, 4) is 5.75 Å². The molecule has 0 radical (unpaired) electrons. The number of ether oxygens (including phenoxy) is 1. The Balaban J connectivity index is 1.78. The van der Waals surface area contributed by atoms with Crippen molar-refractivity contribution in [3.05, 3.63) is 66.1 Å². The first kappa shape index (κ1) is 32.2. The fourth-order valence-electron chi connectivity index (χ4n) is 4.40. The average Bonchev–Trinajstić information content (AvgIpc) is 3.43. The second-order valence-electron chi connectivity index (χ2n) is 9.74. The predicted molar refractivity (Wildman–Crippen MR) is 146 cm³/mol. The van der Waals surface area contributed by atoms with E-state index < -0.39 is 64.9 Å². The van der Waals surface area contributed by atoms with Gasteiger partial charge in [-0.05, 0) is 32.7 Å². The Hall–Kier alpha value is -4.67. The Morgan fingerprint density at radius 3 is 2.39 bits per heavy atom. The van der Waals surface area contributed by atoms with Crippen LogP contribution in [0.4, 0.5) is 69.6 Å². The zero-order valence-electron chi connectivity index (χ0n) is 23.1. The van der Waals surface area contributed by atoms with Crippen LogP contribution in [-0.2, 0) is 11.0 Å². The number of nitrogens with zero attached hydrogens (tertiary/aromatic N) is 4. The van der Waals surface area contributed by atoms with Gasteiger partial charge in [-0.25, -0.2) is 18.2 Å². The zero-order chi connectivity index (χ0) is 32.3. The van der Waals surface area contributed by atoms with E-state index in [1.807, 2.05) is 29.2 Å². The summed E-state index contributed by atoms with van der Waals surface area (Å²) in [6, 6.07) is 2.94. The Labute approximate surface area is 245 Å². The van der Waals surface area contributed by atoms with E-state index in [4.69, 9.17) is 0 Å². The van der Waals surface area contributed by atoms with Crippen molar-refractivity contribution >= 4 is 40.4 Å². The third kappa shape index (κ3) is 7.45. The van der Waals surface area contributed by atoms with E-state index in [-0.39, 0.29) is 23.5 Å². The van der Waals surface area contributed by atoms with Gasteiger partial charge in [-0.3, -0.25) is 4.79 Å². The average molecular weight is 632 g/mol. The quantitative estimate of drug-likeness (QED) is 0.137. The van der Waals surface area contributed by atoms with Crippen LogP contribution >= 0.6 is 0 Å². The number of aromatic nitrogens is 2. The van der Waals surface area contributed by atoms with Crippen LogP contribution in [-0.4, -0.2) is 60.6 Å². The van der Waals surface area contributed by atoms with E-state index in [0.717, 1.165) is 12.5 Å². The molecule has 1 saturated heterocycles. The van der Waals surface area contributed by atoms with Crippen LogP contribution in [0.1, 0.15) is 12.0 Å². The van der Waals surface area contributed by atoms with Gasteiger partial charge in [-0.1, -0.05) is 6.58 Å². The minimum atomic E-state index is -5.08. The zero-order valence-corrected chi connectivity index (χ0v) is 23.1. The van der Waals surface area contributed by atoms with E-state index in [1.165, 1.54) is 12.1 Å². The molecule has 3 aromatic rings. The van der Waals surface area contributed by atoms with Crippen LogP contribution in [0.15, 0.2) is 43.1 Å². The monoisotopic (exact) mass is 631 g/mol. The summed E-state index contributed by atoms with van der Waals surface area (Å²) in [7, 11) is 3.75. The maximum absolute atomic E-state index is 14.2. The fourth-order valence-corrected chi connectivity index (χ4v) is 4.40. The third-order valence-electron chi connectivity index (χ3n) is 6.60. The van der Waals surface area contributed by atoms with Gasteiger partial charge in [-0.2, -0.15) is 26.9 Å². The smallest absolute Gasteiger partial charge is 0.421 e. The lowest BCUT2D eigenvalue weighted by Gasteiger charge is -2.26. The van der Waals surface area contributed by atoms with Crippen molar-refractivity contribution in [2.45, 2.75) is 25.3 Å². The highest BCUT2D eigenvalue weighted by atomic mass is 19.4. The molecule has 9 nitrogen and oxygen atoms in total. The number of rotatable bonds is 10. The lowest BCUT2D eigenvalue weighted by Crippen LogP contribution is -2.31. The Morgan fingerprint density at radius 2 is 1.77 bits per heavy atom. The molecular formula is C27H25F8N7O2. The molecule has 17 heteroatoms. The number of anilines is 6. The number of carbonyl (C=O) groups excluding carboxylic acids is 1. The summed E-state index contributed by atoms with van der Waals surface area (Å²) < 4.78 is 114. The van der Waals surface area contributed by atoms with Crippen LogP contribution in [0.5, 0.6) is 5.75 Å². The number of hydrogen-bond acceptors (Lipinski definition) is 8. The first-order valence-corrected chi connectivity index (χ1v) is 12.8. The molecule has 1 atom stereocenters. The largest absolute Gasteiger partial charge is 0.433 e. The number of hydrogen-bond donors (Lipinski definition) is 3. The topological polar surface area (TPSA) is 94.6 Å². The highest BCUT2D eigenvalue weighted by Crippen LogP contribution is 2.41. The molecule has 2 heterocycles. The molecule has 3 N–H and O–H groups in total. The number of carbonyl (C=O) groups is 1. The normalized spacial score (nSPS) is 15.1. The van der Waals surface area contributed by atoms with Gasteiger partial charge in [0.1, 0.15) is 17.2 Å². The molecule has 236 valence electrons. The second-order valence-corrected chi connectivity index (χ2v) is 9.74. The number of likely N-dealkylation sites (N-methyl/N-ethyl adjacent to an activating group) is 1. The molecule has 1 fully saturated rings. The molecule has 1 aromatic heterocycles. The van der Waals surface area contributed by atoms with Gasteiger partial charge in [0.15, 0.2) is 17.4 Å². The van der Waals surface area contributed by atoms with Crippen molar-refractivity contribution in [2.75, 3.05) is 48.0 Å². The predicted octanol–water partition coefficient (Wildman–Crippen LogP) is 6.27. The molecule has 1 aliphatic rings. The highest BCUT2D eigenvalue weighted by Gasteiger charge is 2.36. The van der Waals surface area contributed by atoms with Crippen molar-refractivity contribution in [3.63, 3.8) is 0 Å². The molecule has 4 rings (SSSR count). The molecule has 0 spiro atoms. The van der Waals surface area contributed by atoms with Gasteiger partial charge >= 0.3 is 12.8 Å². The summed E-state index contributed by atoms with van der Waals surface area (Å²) in [5, 5.41) is 7.02. The van der Waals surface area contributed by atoms with Crippen LogP contribution in [0.25, 0.3) is 0 Å². The van der Waals surface area contributed by atoms with Gasteiger partial charge in [0, 0.05) is 43.5 Å². The van der Waals surface area contributed by atoms with Crippen LogP contribution in [0, 0.1) is 17.5 Å². The number of halogens is 8. The molecule has 1 amide bonds. The van der Waals surface area contributed by atoms with Gasteiger partial charge in [0.05, 0.1) is 22.7 Å². The standard InChI is InChI=1S/C27H25F8N7O2/c1-4-23(43)37-19-9-20(22(44-25(31)32)10-21(19)42-6-5-13(12-42)41(2)3)39-26-36-11-14(27(33,34)35)24(40-26)38-18-8-16(29)15(28)7-17(18)30/h4,7-11,13,25H,1,5-6,12H2,2-3H3,(H,37,43)(H2,36,38,39,40)/t13-/m1/s1. The van der Waals surface area contributed by atoms with Crippen molar-refractivity contribution in [2.24, 2.45) is 0 Å². The Bertz CT molecular complexity index is 1550. The lowest BCUT2D eigenvalue weighted by atomic mass is 10.2. The summed E-state index contributed by atoms with van der Waals surface area (Å²) in [5.74, 6) is -7.35. The highest BCUT2D eigenvalue weighted by molar-refractivity contribution is 6.02. The van der Waals surface area contributed by atoms with Crippen molar-refractivity contribution in [1.82, 2.24) is 14.9 Å². The molecular weight excluding hydrogens is 606 g/mol. The van der Waals surface area contributed by atoms with E-state index >= 15 is 0 Å². The Kier molecular flexibility index (Phi) is 9.46. The molecule has 1 aliphatic heterocycles. The summed E-state index contributed by atoms with van der Waals surface area (Å²) in [5.41, 5.74) is -2.24. The summed E-state index contributed by atoms with van der Waals surface area (Å²) in [6.07, 6.45) is -3.07. The van der Waals surface area contributed by atoms with Crippen molar-refractivity contribution in [1.29, 1.82) is 0 Å². The van der Waals surface area contributed by atoms with E-state index in [0.29, 0.717) is 31.0 Å². The number of alkyl halides is 5. The first-order chi connectivity index (χ1) is 20.7. The second kappa shape index (κ2) is 12.9. The molecule has 2 aromatic carbocycles. The fraction of sp³-hybridized carbons (Fsp3) is 0.296. The van der Waals surface area contributed by atoms with Gasteiger partial charge < -0.3 is 30.5 Å². The Morgan fingerprint density at radius 1 is 1.07 bits per heavy atom. The SMILES string of the molecule is C=CC(=O)Nc1cc(Nc2ncc(C(F)(F)F)c(Nc3cc(F)c(F)cc3F)n2)c(OC(F)F)cc1N1CC[C@@H](N(C)C)C1. The molecule has 0 unspecified atom stereocenters. The maximum Gasteiger partial charge on any atom is 0.421 e. The maximum atomic E-state index is 14.2. The van der Waals surface area contributed by atoms with E-state index in [9.17, 15) is 39.9 Å². The summed E-state index contributed by atoms with van der Waals surface area (Å²) >= 11 is 0. The number of amides is 1. The molecule has 44 heavy (non-hydrogen) atoms. The number of nitrogens with one attached hydrogen (secondary N) is 3. The van der Waals surface area contributed by atoms with Crippen LogP contribution in [0.3, 0.4) is 0 Å². The minimum absolute atomic E-state index is 0.112. The van der Waals surface area contributed by atoms with Gasteiger partial charge in [0.2, 0.25) is 11.9 Å². The summed E-state index contributed by atoms with van der Waals surface area (Å²) in [4.78, 5) is 23.3. The van der Waals surface area contributed by atoms with Crippen LogP contribution < -0.4 is 25.6 Å². The third-order valence-corrected chi connectivity index (χ3v) is 6.60.